The smallest absolute Gasteiger partial charge is 0.0821 e. The molecule has 0 N–H and O–H groups in total. The van der Waals surface area contributed by atoms with Crippen LogP contribution in [0.2, 0.25) is 0 Å². The van der Waals surface area contributed by atoms with Crippen molar-refractivity contribution in [3.63, 3.8) is 0 Å². The fraction of sp³-hybridized carbons (Fsp3) is 0.444. The Bertz CT molecular complexity index is 631. The van der Waals surface area contributed by atoms with E-state index in [2.05, 4.69) is 63.9 Å². The van der Waals surface area contributed by atoms with E-state index in [1.165, 1.54) is 36.5 Å². The molecule has 2 aliphatic rings. The molecule has 110 valence electrons. The van der Waals surface area contributed by atoms with Gasteiger partial charge in [0.25, 0.3) is 0 Å². The summed E-state index contributed by atoms with van der Waals surface area (Å²) >= 11 is 0. The fourth-order valence-corrected chi connectivity index (χ4v) is 3.88. The summed E-state index contributed by atoms with van der Waals surface area (Å²) in [7, 11) is 0. The summed E-state index contributed by atoms with van der Waals surface area (Å²) in [5.74, 6) is 0. The second-order valence-corrected chi connectivity index (χ2v) is 6.20. The molecule has 1 unspecified atom stereocenters. The molecule has 0 saturated carbocycles. The number of piperazine rings is 1. The first-order valence-electron chi connectivity index (χ1n) is 8.09. The fourth-order valence-electron chi connectivity index (χ4n) is 3.88. The Morgan fingerprint density at radius 3 is 2.90 bits per heavy atom. The van der Waals surface area contributed by atoms with Crippen LogP contribution in [0.5, 0.6) is 0 Å². The normalized spacial score (nSPS) is 21.4. The summed E-state index contributed by atoms with van der Waals surface area (Å²) in [4.78, 5) is 5.24. The molecule has 1 fully saturated rings. The van der Waals surface area contributed by atoms with Gasteiger partial charge in [-0.25, -0.2) is 0 Å². The number of para-hydroxylation sites is 1. The van der Waals surface area contributed by atoms with Crippen LogP contribution in [0, 0.1) is 0 Å². The highest BCUT2D eigenvalue weighted by atomic mass is 15.3. The Balaban J connectivity index is 1.77. The van der Waals surface area contributed by atoms with Crippen LogP contribution in [-0.2, 0) is 6.54 Å². The van der Waals surface area contributed by atoms with Crippen molar-refractivity contribution in [2.75, 3.05) is 31.1 Å². The first-order chi connectivity index (χ1) is 10.4. The predicted molar refractivity (Wildman–Crippen MR) is 86.8 cm³/mol. The Hall–Kier alpha value is -1.74. The zero-order valence-corrected chi connectivity index (χ0v) is 12.7. The molecule has 1 saturated heterocycles. The van der Waals surface area contributed by atoms with Crippen LogP contribution >= 0.6 is 0 Å². The molecule has 2 aliphatic heterocycles. The summed E-state index contributed by atoms with van der Waals surface area (Å²) in [5.41, 5.74) is 4.34. The monoisotopic (exact) mass is 281 g/mol. The van der Waals surface area contributed by atoms with Gasteiger partial charge in [0.1, 0.15) is 0 Å². The van der Waals surface area contributed by atoms with Gasteiger partial charge < -0.3 is 9.47 Å². The summed E-state index contributed by atoms with van der Waals surface area (Å²) < 4.78 is 2.43. The minimum atomic E-state index is 0.490. The Morgan fingerprint density at radius 1 is 1.10 bits per heavy atom. The molecular formula is C18H23N3. The molecule has 1 aromatic heterocycles. The molecule has 0 radical (unpaired) electrons. The second-order valence-electron chi connectivity index (χ2n) is 6.20. The highest BCUT2D eigenvalue weighted by Crippen LogP contribution is 2.36. The molecular weight excluding hydrogens is 258 g/mol. The van der Waals surface area contributed by atoms with E-state index in [-0.39, 0.29) is 0 Å². The molecule has 0 aliphatic carbocycles. The van der Waals surface area contributed by atoms with Crippen LogP contribution in [0.4, 0.5) is 5.69 Å². The third kappa shape index (κ3) is 2.16. The highest BCUT2D eigenvalue weighted by molar-refractivity contribution is 5.57. The number of fused-ring (bicyclic) bond motifs is 5. The van der Waals surface area contributed by atoms with Gasteiger partial charge in [0.2, 0.25) is 0 Å². The Morgan fingerprint density at radius 2 is 2.00 bits per heavy atom. The van der Waals surface area contributed by atoms with E-state index in [9.17, 15) is 0 Å². The highest BCUT2D eigenvalue weighted by Gasteiger charge is 2.32. The summed E-state index contributed by atoms with van der Waals surface area (Å²) in [6, 6.07) is 13.9. The summed E-state index contributed by atoms with van der Waals surface area (Å²) in [6.45, 7) is 7.95. The van der Waals surface area contributed by atoms with Gasteiger partial charge in [0, 0.05) is 43.8 Å². The predicted octanol–water partition coefficient (Wildman–Crippen LogP) is 3.12. The average molecular weight is 281 g/mol. The van der Waals surface area contributed by atoms with Gasteiger partial charge in [-0.2, -0.15) is 0 Å². The Kier molecular flexibility index (Phi) is 3.23. The third-order valence-corrected chi connectivity index (χ3v) is 4.85. The van der Waals surface area contributed by atoms with Gasteiger partial charge in [-0.05, 0) is 36.7 Å². The largest absolute Gasteiger partial charge is 0.360 e. The number of anilines is 1. The lowest BCUT2D eigenvalue weighted by Gasteiger charge is -2.42. The van der Waals surface area contributed by atoms with E-state index in [1.54, 1.807) is 0 Å². The van der Waals surface area contributed by atoms with E-state index >= 15 is 0 Å². The minimum absolute atomic E-state index is 0.490. The number of benzene rings is 1. The van der Waals surface area contributed by atoms with Gasteiger partial charge >= 0.3 is 0 Å². The number of aromatic nitrogens is 1. The molecule has 3 heteroatoms. The van der Waals surface area contributed by atoms with Gasteiger partial charge in [-0.1, -0.05) is 25.1 Å². The van der Waals surface area contributed by atoms with Crippen LogP contribution in [-0.4, -0.2) is 35.6 Å². The molecule has 0 amide bonds. The molecule has 1 atom stereocenters. The maximum atomic E-state index is 2.63. The SMILES string of the molecule is CCCN1CCN2c3ccccc3Cn3cccc3C2C1. The van der Waals surface area contributed by atoms with E-state index in [0.717, 1.165) is 19.6 Å². The van der Waals surface area contributed by atoms with E-state index < -0.39 is 0 Å². The third-order valence-electron chi connectivity index (χ3n) is 4.85. The maximum Gasteiger partial charge on any atom is 0.0821 e. The number of hydrogen-bond donors (Lipinski definition) is 0. The lowest BCUT2D eigenvalue weighted by Crippen LogP contribution is -2.48. The first-order valence-corrected chi connectivity index (χ1v) is 8.09. The molecule has 3 heterocycles. The van der Waals surface area contributed by atoms with Crippen LogP contribution < -0.4 is 4.90 Å². The zero-order chi connectivity index (χ0) is 14.2. The van der Waals surface area contributed by atoms with Crippen molar-refractivity contribution in [2.24, 2.45) is 0 Å². The van der Waals surface area contributed by atoms with E-state index in [4.69, 9.17) is 0 Å². The van der Waals surface area contributed by atoms with Crippen molar-refractivity contribution in [1.82, 2.24) is 9.47 Å². The standard InChI is InChI=1S/C18H23N3/c1-2-9-19-11-12-21-16-7-4-3-6-15(16)13-20-10-5-8-17(20)18(21)14-19/h3-8,10,18H,2,9,11-14H2,1H3. The molecule has 3 nitrogen and oxygen atoms in total. The van der Waals surface area contributed by atoms with Gasteiger partial charge in [0.15, 0.2) is 0 Å². The van der Waals surface area contributed by atoms with Crippen LogP contribution in [0.1, 0.15) is 30.6 Å². The van der Waals surface area contributed by atoms with Crippen LogP contribution in [0.3, 0.4) is 0 Å². The number of hydrogen-bond acceptors (Lipinski definition) is 2. The van der Waals surface area contributed by atoms with Gasteiger partial charge in [-0.15, -0.1) is 0 Å². The number of nitrogens with zero attached hydrogens (tertiary/aromatic N) is 3. The molecule has 21 heavy (non-hydrogen) atoms. The molecule has 1 aromatic carbocycles. The van der Waals surface area contributed by atoms with Crippen molar-refractivity contribution >= 4 is 5.69 Å². The zero-order valence-electron chi connectivity index (χ0n) is 12.7. The van der Waals surface area contributed by atoms with Crippen molar-refractivity contribution in [3.05, 3.63) is 53.9 Å². The van der Waals surface area contributed by atoms with Crippen molar-refractivity contribution in [3.8, 4) is 0 Å². The van der Waals surface area contributed by atoms with E-state index in [1.807, 2.05) is 0 Å². The number of rotatable bonds is 2. The van der Waals surface area contributed by atoms with Crippen LogP contribution in [0.15, 0.2) is 42.6 Å². The average Bonchev–Trinajstić information content (AvgIpc) is 2.92. The summed E-state index contributed by atoms with van der Waals surface area (Å²) in [6.07, 6.45) is 3.47. The maximum absolute atomic E-state index is 2.63. The quantitative estimate of drug-likeness (QED) is 0.838. The van der Waals surface area contributed by atoms with Crippen molar-refractivity contribution in [1.29, 1.82) is 0 Å². The summed E-state index contributed by atoms with van der Waals surface area (Å²) in [5, 5.41) is 0. The molecule has 0 bridgehead atoms. The molecule has 4 rings (SSSR count). The van der Waals surface area contributed by atoms with Crippen molar-refractivity contribution in [2.45, 2.75) is 25.9 Å². The lowest BCUT2D eigenvalue weighted by atomic mass is 10.1. The van der Waals surface area contributed by atoms with E-state index in [0.29, 0.717) is 6.04 Å². The topological polar surface area (TPSA) is 11.4 Å². The Labute approximate surface area is 126 Å². The second kappa shape index (κ2) is 5.23. The van der Waals surface area contributed by atoms with Crippen LogP contribution in [0.25, 0.3) is 0 Å². The molecule has 0 spiro atoms. The first kappa shape index (κ1) is 13.0. The molecule has 2 aromatic rings. The van der Waals surface area contributed by atoms with Crippen molar-refractivity contribution < 1.29 is 0 Å². The minimum Gasteiger partial charge on any atom is -0.360 e. The van der Waals surface area contributed by atoms with Gasteiger partial charge in [0.05, 0.1) is 6.04 Å². The lowest BCUT2D eigenvalue weighted by molar-refractivity contribution is 0.221. The van der Waals surface area contributed by atoms with Gasteiger partial charge in [-0.3, -0.25) is 4.90 Å².